The molecule has 1 atom stereocenters. The molecule has 1 aliphatic carbocycles. The van der Waals surface area contributed by atoms with Crippen molar-refractivity contribution in [2.75, 3.05) is 18.5 Å². The van der Waals surface area contributed by atoms with E-state index in [-0.39, 0.29) is 23.6 Å². The van der Waals surface area contributed by atoms with Gasteiger partial charge in [-0.25, -0.2) is 4.98 Å². The number of pyridine rings is 1. The van der Waals surface area contributed by atoms with Crippen LogP contribution in [0.15, 0.2) is 28.0 Å². The first kappa shape index (κ1) is 22.6. The molecule has 7 nitrogen and oxygen atoms in total. The number of anilines is 1. The molecule has 2 aliphatic heterocycles. The summed E-state index contributed by atoms with van der Waals surface area (Å²) in [7, 11) is 0. The molecule has 0 aromatic carbocycles. The van der Waals surface area contributed by atoms with Crippen LogP contribution in [0.5, 0.6) is 0 Å². The van der Waals surface area contributed by atoms with Crippen molar-refractivity contribution in [2.45, 2.75) is 64.0 Å². The third-order valence-corrected chi connectivity index (χ3v) is 7.97. The number of aryl methyl sites for hydroxylation is 1. The minimum Gasteiger partial charge on any atom is -0.376 e. The molecule has 1 unspecified atom stereocenters. The highest BCUT2D eigenvalue weighted by Crippen LogP contribution is 2.37. The van der Waals surface area contributed by atoms with Crippen LogP contribution in [0.3, 0.4) is 0 Å². The number of thiocarbonyl (C=S) groups is 1. The number of fused-ring (bicyclic) bond motifs is 1. The number of aromatic nitrogens is 2. The molecule has 1 N–H and O–H groups in total. The van der Waals surface area contributed by atoms with E-state index in [0.29, 0.717) is 32.8 Å². The summed E-state index contributed by atoms with van der Waals surface area (Å²) in [4.78, 5) is 33.8. The Morgan fingerprint density at radius 3 is 2.82 bits per heavy atom. The summed E-state index contributed by atoms with van der Waals surface area (Å²) in [5, 5.41) is 3.33. The number of hydrogen-bond donors (Lipinski definition) is 1. The Labute approximate surface area is 202 Å². The van der Waals surface area contributed by atoms with Crippen molar-refractivity contribution in [3.63, 3.8) is 0 Å². The van der Waals surface area contributed by atoms with Gasteiger partial charge in [0, 0.05) is 25.4 Å². The number of carbonyl (C=O) groups excluding carboxylic acids is 1. The summed E-state index contributed by atoms with van der Waals surface area (Å²) in [5.41, 5.74) is 1.68. The van der Waals surface area contributed by atoms with Crippen LogP contribution in [0.4, 0.5) is 5.82 Å². The Morgan fingerprint density at radius 2 is 2.06 bits per heavy atom. The maximum atomic E-state index is 13.5. The fourth-order valence-electron chi connectivity index (χ4n) is 4.86. The monoisotopic (exact) mass is 484 g/mol. The number of thioether (sulfide) groups is 1. The Kier molecular flexibility index (Phi) is 6.53. The summed E-state index contributed by atoms with van der Waals surface area (Å²) in [6.45, 7) is 3.26. The maximum Gasteiger partial charge on any atom is 0.267 e. The van der Waals surface area contributed by atoms with Crippen molar-refractivity contribution < 1.29 is 9.53 Å². The molecule has 0 bridgehead atoms. The molecule has 9 heteroatoms. The minimum absolute atomic E-state index is 0.0967. The van der Waals surface area contributed by atoms with Gasteiger partial charge < -0.3 is 10.1 Å². The highest BCUT2D eigenvalue weighted by Gasteiger charge is 2.37. The predicted octanol–water partition coefficient (Wildman–Crippen LogP) is 4.13. The highest BCUT2D eigenvalue weighted by molar-refractivity contribution is 8.26. The van der Waals surface area contributed by atoms with E-state index in [2.05, 4.69) is 5.32 Å². The second-order valence-corrected chi connectivity index (χ2v) is 10.6. The number of rotatable bonds is 5. The minimum atomic E-state index is -0.207. The summed E-state index contributed by atoms with van der Waals surface area (Å²) >= 11 is 6.85. The number of carbonyl (C=O) groups is 1. The Morgan fingerprint density at radius 1 is 1.24 bits per heavy atom. The topological polar surface area (TPSA) is 75.9 Å². The van der Waals surface area contributed by atoms with Crippen molar-refractivity contribution in [3.8, 4) is 0 Å². The summed E-state index contributed by atoms with van der Waals surface area (Å²) in [6.07, 6.45) is 10.9. The van der Waals surface area contributed by atoms with Crippen molar-refractivity contribution in [2.24, 2.45) is 0 Å². The molecule has 5 rings (SSSR count). The molecule has 3 fully saturated rings. The zero-order valence-electron chi connectivity index (χ0n) is 18.7. The van der Waals surface area contributed by atoms with E-state index in [0.717, 1.165) is 50.7 Å². The van der Waals surface area contributed by atoms with Crippen LogP contribution in [0, 0.1) is 6.92 Å². The largest absolute Gasteiger partial charge is 0.376 e. The average molecular weight is 485 g/mol. The van der Waals surface area contributed by atoms with Gasteiger partial charge in [-0.1, -0.05) is 49.3 Å². The SMILES string of the molecule is Cc1cccn2c(=O)c(/C=C3\SC(=S)N(C4CCCCC4)C3=O)c(NCC3CCCO3)nc12. The van der Waals surface area contributed by atoms with E-state index in [1.54, 1.807) is 21.6 Å². The third-order valence-electron chi connectivity index (χ3n) is 6.64. The lowest BCUT2D eigenvalue weighted by Crippen LogP contribution is -2.39. The van der Waals surface area contributed by atoms with Gasteiger partial charge in [0.15, 0.2) is 0 Å². The van der Waals surface area contributed by atoms with Crippen LogP contribution in [0.25, 0.3) is 11.7 Å². The zero-order valence-corrected chi connectivity index (χ0v) is 20.3. The number of hydrogen-bond acceptors (Lipinski definition) is 7. The fourth-order valence-corrected chi connectivity index (χ4v) is 6.24. The normalized spacial score (nSPS) is 23.2. The highest BCUT2D eigenvalue weighted by atomic mass is 32.2. The molecule has 0 radical (unpaired) electrons. The molecule has 3 aliphatic rings. The summed E-state index contributed by atoms with van der Waals surface area (Å²) < 4.78 is 7.85. The smallest absolute Gasteiger partial charge is 0.267 e. The van der Waals surface area contributed by atoms with Gasteiger partial charge in [-0.3, -0.25) is 18.9 Å². The zero-order chi connectivity index (χ0) is 22.9. The molecule has 1 saturated carbocycles. The first-order valence-electron chi connectivity index (χ1n) is 11.7. The van der Waals surface area contributed by atoms with E-state index in [4.69, 9.17) is 21.9 Å². The second kappa shape index (κ2) is 9.56. The van der Waals surface area contributed by atoms with Gasteiger partial charge in [-0.05, 0) is 50.3 Å². The van der Waals surface area contributed by atoms with E-state index in [1.165, 1.54) is 18.2 Å². The van der Waals surface area contributed by atoms with Crippen LogP contribution in [-0.2, 0) is 9.53 Å². The average Bonchev–Trinajstić information content (AvgIpc) is 3.43. The van der Waals surface area contributed by atoms with Gasteiger partial charge in [0.1, 0.15) is 15.8 Å². The van der Waals surface area contributed by atoms with Gasteiger partial charge in [0.05, 0.1) is 16.6 Å². The molecule has 174 valence electrons. The lowest BCUT2D eigenvalue weighted by molar-refractivity contribution is -0.124. The van der Waals surface area contributed by atoms with Crippen LogP contribution in [0.1, 0.15) is 56.1 Å². The van der Waals surface area contributed by atoms with Gasteiger partial charge in [-0.2, -0.15) is 0 Å². The predicted molar refractivity (Wildman–Crippen MR) is 136 cm³/mol. The fraction of sp³-hybridized carbons (Fsp3) is 0.500. The Bertz CT molecular complexity index is 1180. The molecule has 0 spiro atoms. The van der Waals surface area contributed by atoms with Gasteiger partial charge in [-0.15, -0.1) is 0 Å². The maximum absolute atomic E-state index is 13.5. The quantitative estimate of drug-likeness (QED) is 0.505. The second-order valence-electron chi connectivity index (χ2n) is 8.92. The number of nitrogens with zero attached hydrogens (tertiary/aromatic N) is 3. The van der Waals surface area contributed by atoms with E-state index < -0.39 is 0 Å². The molecule has 2 aromatic rings. The molecule has 1 amide bonds. The Balaban J connectivity index is 1.53. The van der Waals surface area contributed by atoms with Crippen molar-refractivity contribution in [3.05, 3.63) is 44.7 Å². The van der Waals surface area contributed by atoms with Crippen LogP contribution in [0.2, 0.25) is 0 Å². The van der Waals surface area contributed by atoms with E-state index in [1.807, 2.05) is 19.1 Å². The van der Waals surface area contributed by atoms with Crippen molar-refractivity contribution in [1.29, 1.82) is 0 Å². The van der Waals surface area contributed by atoms with Gasteiger partial charge in [0.25, 0.3) is 11.5 Å². The van der Waals surface area contributed by atoms with Gasteiger partial charge >= 0.3 is 0 Å². The third kappa shape index (κ3) is 4.46. The lowest BCUT2D eigenvalue weighted by Gasteiger charge is -2.29. The standard InChI is InChI=1S/C24H28N4O3S2/c1-15-7-5-11-27-21(15)26-20(25-14-17-10-6-12-31-17)18(22(27)29)13-19-23(30)28(24(32)33-19)16-8-3-2-4-9-16/h5,7,11,13,16-17,25H,2-4,6,8-10,12,14H2,1H3/b19-13-. The molecule has 4 heterocycles. The van der Waals surface area contributed by atoms with E-state index >= 15 is 0 Å². The van der Waals surface area contributed by atoms with Crippen molar-refractivity contribution >= 4 is 51.7 Å². The summed E-state index contributed by atoms with van der Waals surface area (Å²) in [6, 6.07) is 3.92. The van der Waals surface area contributed by atoms with Crippen LogP contribution in [-0.4, -0.2) is 49.8 Å². The molecular formula is C24H28N4O3S2. The molecular weight excluding hydrogens is 456 g/mol. The first-order chi connectivity index (χ1) is 16.0. The molecule has 2 aromatic heterocycles. The number of amides is 1. The van der Waals surface area contributed by atoms with Crippen molar-refractivity contribution in [1.82, 2.24) is 14.3 Å². The lowest BCUT2D eigenvalue weighted by atomic mass is 9.94. The van der Waals surface area contributed by atoms with Crippen LogP contribution < -0.4 is 10.9 Å². The van der Waals surface area contributed by atoms with Gasteiger partial charge in [0.2, 0.25) is 0 Å². The molecule has 2 saturated heterocycles. The number of ether oxygens (including phenoxy) is 1. The number of nitrogens with one attached hydrogen (secondary N) is 1. The van der Waals surface area contributed by atoms with E-state index in [9.17, 15) is 9.59 Å². The van der Waals surface area contributed by atoms with Crippen LogP contribution >= 0.6 is 24.0 Å². The Hall–Kier alpha value is -2.23. The first-order valence-corrected chi connectivity index (χ1v) is 12.9. The summed E-state index contributed by atoms with van der Waals surface area (Å²) in [5.74, 6) is 0.378. The molecule has 33 heavy (non-hydrogen) atoms.